The summed E-state index contributed by atoms with van der Waals surface area (Å²) in [7, 11) is 0. The lowest BCUT2D eigenvalue weighted by atomic mass is 9.79. The van der Waals surface area contributed by atoms with Gasteiger partial charge in [-0.2, -0.15) is 0 Å². The van der Waals surface area contributed by atoms with Crippen LogP contribution in [0.2, 0.25) is 0 Å². The van der Waals surface area contributed by atoms with Gasteiger partial charge in [0.05, 0.1) is 6.42 Å². The summed E-state index contributed by atoms with van der Waals surface area (Å²) in [4.78, 5) is 33.8. The number of hydrogen-bond donors (Lipinski definition) is 3. The van der Waals surface area contributed by atoms with E-state index in [2.05, 4.69) is 10.6 Å². The predicted molar refractivity (Wildman–Crippen MR) is 65.0 cm³/mol. The van der Waals surface area contributed by atoms with Crippen LogP contribution in [0.1, 0.15) is 45.4 Å². The van der Waals surface area contributed by atoms with E-state index in [9.17, 15) is 14.4 Å². The van der Waals surface area contributed by atoms with E-state index in [1.54, 1.807) is 6.92 Å². The molecule has 3 amide bonds. The Morgan fingerprint density at radius 2 is 1.78 bits per heavy atom. The Morgan fingerprint density at radius 1 is 1.17 bits per heavy atom. The van der Waals surface area contributed by atoms with Gasteiger partial charge in [0.1, 0.15) is 0 Å². The van der Waals surface area contributed by atoms with Gasteiger partial charge >= 0.3 is 12.0 Å². The van der Waals surface area contributed by atoms with Crippen molar-refractivity contribution in [3.05, 3.63) is 0 Å². The monoisotopic (exact) mass is 256 g/mol. The molecule has 3 N–H and O–H groups in total. The van der Waals surface area contributed by atoms with Crippen LogP contribution in [-0.2, 0) is 9.59 Å². The van der Waals surface area contributed by atoms with Crippen LogP contribution in [0.5, 0.6) is 0 Å². The summed E-state index contributed by atoms with van der Waals surface area (Å²) in [5.41, 5.74) is -0.470. The Morgan fingerprint density at radius 3 is 2.28 bits per heavy atom. The molecule has 0 bridgehead atoms. The molecule has 6 heteroatoms. The number of aliphatic carboxylic acids is 1. The number of urea groups is 1. The maximum atomic E-state index is 11.7. The van der Waals surface area contributed by atoms with E-state index in [4.69, 9.17) is 5.11 Å². The van der Waals surface area contributed by atoms with Gasteiger partial charge in [0, 0.05) is 13.0 Å². The second-order valence-corrected chi connectivity index (χ2v) is 4.86. The van der Waals surface area contributed by atoms with Gasteiger partial charge < -0.3 is 10.4 Å². The highest BCUT2D eigenvalue weighted by atomic mass is 16.4. The molecule has 102 valence electrons. The van der Waals surface area contributed by atoms with Crippen LogP contribution in [0.25, 0.3) is 0 Å². The fourth-order valence-electron chi connectivity index (χ4n) is 2.58. The number of amides is 3. The third-order valence-corrected chi connectivity index (χ3v) is 3.32. The van der Waals surface area contributed by atoms with Crippen molar-refractivity contribution in [2.75, 3.05) is 6.54 Å². The highest BCUT2D eigenvalue weighted by molar-refractivity contribution is 5.94. The summed E-state index contributed by atoms with van der Waals surface area (Å²) in [5, 5.41) is 13.6. The summed E-state index contributed by atoms with van der Waals surface area (Å²) in [6.45, 7) is 2.20. The predicted octanol–water partition coefficient (Wildman–Crippen LogP) is 1.26. The quantitative estimate of drug-likeness (QED) is 0.690. The highest BCUT2D eigenvalue weighted by Crippen LogP contribution is 2.43. The first-order valence-electron chi connectivity index (χ1n) is 6.27. The molecular weight excluding hydrogens is 236 g/mol. The van der Waals surface area contributed by atoms with E-state index in [-0.39, 0.29) is 12.8 Å². The van der Waals surface area contributed by atoms with Crippen LogP contribution in [0.15, 0.2) is 0 Å². The van der Waals surface area contributed by atoms with Crippen LogP contribution in [0, 0.1) is 5.41 Å². The van der Waals surface area contributed by atoms with Crippen LogP contribution in [0.4, 0.5) is 4.79 Å². The molecule has 0 spiro atoms. The standard InChI is InChI=1S/C12H20N2O4/c1-2-13-11(18)14-9(15)7-12(8-10(16)17)5-3-4-6-12/h2-8H2,1H3,(H,16,17)(H2,13,14,15,18). The zero-order valence-corrected chi connectivity index (χ0v) is 10.6. The molecule has 1 aliphatic carbocycles. The number of carbonyl (C=O) groups excluding carboxylic acids is 2. The van der Waals surface area contributed by atoms with E-state index in [1.165, 1.54) is 0 Å². The fourth-order valence-corrected chi connectivity index (χ4v) is 2.58. The first-order chi connectivity index (χ1) is 8.47. The lowest BCUT2D eigenvalue weighted by Gasteiger charge is -2.26. The summed E-state index contributed by atoms with van der Waals surface area (Å²) in [5.74, 6) is -1.29. The van der Waals surface area contributed by atoms with E-state index in [0.717, 1.165) is 25.7 Å². The summed E-state index contributed by atoms with van der Waals surface area (Å²) >= 11 is 0. The Bertz CT molecular complexity index is 335. The van der Waals surface area contributed by atoms with E-state index < -0.39 is 23.3 Å². The zero-order chi connectivity index (χ0) is 13.6. The average molecular weight is 256 g/mol. The van der Waals surface area contributed by atoms with Gasteiger partial charge in [-0.3, -0.25) is 14.9 Å². The van der Waals surface area contributed by atoms with Gasteiger partial charge in [0.25, 0.3) is 0 Å². The SMILES string of the molecule is CCNC(=O)NC(=O)CC1(CC(=O)O)CCCC1. The van der Waals surface area contributed by atoms with Crippen molar-refractivity contribution >= 4 is 17.9 Å². The number of carbonyl (C=O) groups is 3. The van der Waals surface area contributed by atoms with Crippen molar-refractivity contribution in [2.24, 2.45) is 5.41 Å². The maximum absolute atomic E-state index is 11.7. The number of hydrogen-bond acceptors (Lipinski definition) is 3. The second kappa shape index (κ2) is 6.37. The Balaban J connectivity index is 2.53. The molecule has 0 aromatic heterocycles. The molecule has 1 rings (SSSR count). The number of carboxylic acids is 1. The van der Waals surface area contributed by atoms with E-state index in [0.29, 0.717) is 6.54 Å². The molecular formula is C12H20N2O4. The number of nitrogens with one attached hydrogen (secondary N) is 2. The van der Waals surface area contributed by atoms with Crippen LogP contribution in [0.3, 0.4) is 0 Å². The number of imide groups is 1. The molecule has 0 unspecified atom stereocenters. The smallest absolute Gasteiger partial charge is 0.321 e. The normalized spacial score (nSPS) is 17.2. The molecule has 0 atom stereocenters. The molecule has 0 radical (unpaired) electrons. The minimum absolute atomic E-state index is 0.00415. The average Bonchev–Trinajstić information content (AvgIpc) is 2.64. The summed E-state index contributed by atoms with van der Waals surface area (Å²) in [6, 6.07) is -0.522. The van der Waals surface area contributed by atoms with E-state index in [1.807, 2.05) is 0 Å². The van der Waals surface area contributed by atoms with Crippen molar-refractivity contribution in [2.45, 2.75) is 45.4 Å². The zero-order valence-electron chi connectivity index (χ0n) is 10.6. The highest BCUT2D eigenvalue weighted by Gasteiger charge is 2.38. The molecule has 1 saturated carbocycles. The number of carboxylic acid groups (broad SMARTS) is 1. The lowest BCUT2D eigenvalue weighted by Crippen LogP contribution is -2.41. The summed E-state index contributed by atoms with van der Waals surface area (Å²) in [6.07, 6.45) is 3.47. The first-order valence-corrected chi connectivity index (χ1v) is 6.27. The topological polar surface area (TPSA) is 95.5 Å². The molecule has 1 fully saturated rings. The largest absolute Gasteiger partial charge is 0.481 e. The van der Waals surface area contributed by atoms with Crippen molar-refractivity contribution in [1.82, 2.24) is 10.6 Å². The Kier molecular flexibility index (Phi) is 5.12. The lowest BCUT2D eigenvalue weighted by molar-refractivity contribution is -0.140. The third-order valence-electron chi connectivity index (χ3n) is 3.32. The van der Waals surface area contributed by atoms with Crippen molar-refractivity contribution < 1.29 is 19.5 Å². The van der Waals surface area contributed by atoms with Crippen molar-refractivity contribution in [3.8, 4) is 0 Å². The van der Waals surface area contributed by atoms with Crippen molar-refractivity contribution in [1.29, 1.82) is 0 Å². The molecule has 0 aromatic rings. The minimum atomic E-state index is -0.886. The molecule has 18 heavy (non-hydrogen) atoms. The molecule has 0 aliphatic heterocycles. The first kappa shape index (κ1) is 14.5. The van der Waals surface area contributed by atoms with Gasteiger partial charge in [-0.1, -0.05) is 12.8 Å². The van der Waals surface area contributed by atoms with Gasteiger partial charge in [0.2, 0.25) is 5.91 Å². The van der Waals surface area contributed by atoms with Crippen LogP contribution < -0.4 is 10.6 Å². The Hall–Kier alpha value is -1.59. The van der Waals surface area contributed by atoms with Crippen LogP contribution >= 0.6 is 0 Å². The third kappa shape index (κ3) is 4.35. The minimum Gasteiger partial charge on any atom is -0.481 e. The maximum Gasteiger partial charge on any atom is 0.321 e. The van der Waals surface area contributed by atoms with Crippen molar-refractivity contribution in [3.63, 3.8) is 0 Å². The second-order valence-electron chi connectivity index (χ2n) is 4.86. The fraction of sp³-hybridized carbons (Fsp3) is 0.750. The summed E-state index contributed by atoms with van der Waals surface area (Å²) < 4.78 is 0. The number of rotatable bonds is 5. The molecule has 0 saturated heterocycles. The van der Waals surface area contributed by atoms with E-state index >= 15 is 0 Å². The van der Waals surface area contributed by atoms with Gasteiger partial charge in [0.15, 0.2) is 0 Å². The molecule has 0 heterocycles. The molecule has 1 aliphatic rings. The van der Waals surface area contributed by atoms with Gasteiger partial charge in [-0.25, -0.2) is 4.79 Å². The molecule has 6 nitrogen and oxygen atoms in total. The molecule has 0 aromatic carbocycles. The Labute approximate surface area is 106 Å². The van der Waals surface area contributed by atoms with Gasteiger partial charge in [-0.15, -0.1) is 0 Å². The van der Waals surface area contributed by atoms with Gasteiger partial charge in [-0.05, 0) is 25.2 Å². The van der Waals surface area contributed by atoms with Crippen LogP contribution in [-0.4, -0.2) is 29.6 Å².